The molecule has 6 heteroatoms. The lowest BCUT2D eigenvalue weighted by molar-refractivity contribution is -0.117. The zero-order valence-corrected chi connectivity index (χ0v) is 19.6. The minimum absolute atomic E-state index is 0.0957. The molecule has 0 aromatic heterocycles. The zero-order valence-electron chi connectivity index (χ0n) is 19.6. The van der Waals surface area contributed by atoms with Crippen LogP contribution in [0.5, 0.6) is 0 Å². The fourth-order valence-electron chi connectivity index (χ4n) is 4.47. The van der Waals surface area contributed by atoms with Gasteiger partial charge in [0.25, 0.3) is 0 Å². The van der Waals surface area contributed by atoms with Gasteiger partial charge in [0.15, 0.2) is 0 Å². The third-order valence-electron chi connectivity index (χ3n) is 6.20. The molecule has 1 fully saturated rings. The van der Waals surface area contributed by atoms with Crippen LogP contribution < -0.4 is 10.2 Å². The lowest BCUT2D eigenvalue weighted by Crippen LogP contribution is -2.49. The predicted octanol–water partition coefficient (Wildman–Crippen LogP) is 6.10. The highest BCUT2D eigenvalue weighted by molar-refractivity contribution is 6.02. The number of carbonyl (C=O) groups is 2. The maximum Gasteiger partial charge on any atom is 0.324 e. The van der Waals surface area contributed by atoms with Gasteiger partial charge in [0.2, 0.25) is 5.91 Å². The van der Waals surface area contributed by atoms with Gasteiger partial charge in [-0.15, -0.1) is 0 Å². The number of hydrogen-bond donors (Lipinski definition) is 1. The molecule has 1 saturated heterocycles. The third-order valence-corrected chi connectivity index (χ3v) is 6.20. The van der Waals surface area contributed by atoms with Crippen molar-refractivity contribution >= 4 is 23.3 Å². The number of nitrogens with one attached hydrogen (secondary N) is 1. The van der Waals surface area contributed by atoms with Gasteiger partial charge in [-0.25, -0.2) is 9.18 Å². The minimum atomic E-state index is -0.314. The number of nitrogens with zero attached hydrogens (tertiary/aromatic N) is 2. The van der Waals surface area contributed by atoms with Gasteiger partial charge in [-0.3, -0.25) is 9.69 Å². The standard InChI is InChI=1S/C28H30FN3O2/c1-3-24(22-10-5-4-6-11-22)27(33)30-25-17-20(2)13-14-26(25)32-16-8-15-31(28(32)34)19-21-9-7-12-23(29)18-21/h4-7,9-14,17-18,24H,3,8,15-16,19H2,1-2H3,(H,30,33). The summed E-state index contributed by atoms with van der Waals surface area (Å²) in [6.07, 6.45) is 1.45. The van der Waals surface area contributed by atoms with Crippen LogP contribution in [0, 0.1) is 12.7 Å². The normalized spacial score (nSPS) is 14.7. The number of aryl methyl sites for hydroxylation is 1. The van der Waals surface area contributed by atoms with Crippen molar-refractivity contribution in [2.45, 2.75) is 39.2 Å². The van der Waals surface area contributed by atoms with Crippen molar-refractivity contribution in [2.24, 2.45) is 0 Å². The van der Waals surface area contributed by atoms with E-state index in [0.29, 0.717) is 37.4 Å². The Morgan fingerprint density at radius 1 is 1.03 bits per heavy atom. The second-order valence-electron chi connectivity index (χ2n) is 8.72. The maximum atomic E-state index is 13.6. The number of carbonyl (C=O) groups excluding carboxylic acids is 2. The molecule has 0 bridgehead atoms. The van der Waals surface area contributed by atoms with Crippen LogP contribution in [-0.2, 0) is 11.3 Å². The van der Waals surface area contributed by atoms with Crippen molar-refractivity contribution in [3.8, 4) is 0 Å². The number of hydrogen-bond acceptors (Lipinski definition) is 2. The summed E-state index contributed by atoms with van der Waals surface area (Å²) in [7, 11) is 0. The van der Waals surface area contributed by atoms with Crippen LogP contribution in [0.15, 0.2) is 72.8 Å². The van der Waals surface area contributed by atoms with E-state index in [2.05, 4.69) is 5.32 Å². The highest BCUT2D eigenvalue weighted by atomic mass is 19.1. The topological polar surface area (TPSA) is 52.7 Å². The Hall–Kier alpha value is -3.67. The third kappa shape index (κ3) is 5.28. The van der Waals surface area contributed by atoms with E-state index >= 15 is 0 Å². The van der Waals surface area contributed by atoms with Crippen molar-refractivity contribution in [1.82, 2.24) is 4.90 Å². The number of rotatable bonds is 7. The fourth-order valence-corrected chi connectivity index (χ4v) is 4.47. The van der Waals surface area contributed by atoms with Crippen molar-refractivity contribution in [2.75, 3.05) is 23.3 Å². The van der Waals surface area contributed by atoms with Gasteiger partial charge in [0.1, 0.15) is 5.82 Å². The van der Waals surface area contributed by atoms with Gasteiger partial charge in [-0.2, -0.15) is 0 Å². The Kier molecular flexibility index (Phi) is 7.26. The van der Waals surface area contributed by atoms with E-state index in [1.54, 1.807) is 15.9 Å². The molecular formula is C28H30FN3O2. The summed E-state index contributed by atoms with van der Waals surface area (Å²) in [5.41, 5.74) is 4.01. The Balaban J connectivity index is 1.57. The average Bonchev–Trinajstić information content (AvgIpc) is 2.82. The van der Waals surface area contributed by atoms with Gasteiger partial charge >= 0.3 is 6.03 Å². The molecular weight excluding hydrogens is 429 g/mol. The molecule has 0 aliphatic carbocycles. The first-order valence-electron chi connectivity index (χ1n) is 11.7. The summed E-state index contributed by atoms with van der Waals surface area (Å²) in [5.74, 6) is -0.691. The molecule has 0 radical (unpaired) electrons. The summed E-state index contributed by atoms with van der Waals surface area (Å²) >= 11 is 0. The van der Waals surface area contributed by atoms with Crippen LogP contribution >= 0.6 is 0 Å². The Morgan fingerprint density at radius 3 is 2.56 bits per heavy atom. The SMILES string of the molecule is CCC(C(=O)Nc1cc(C)ccc1N1CCCN(Cc2cccc(F)c2)C1=O)c1ccccc1. The van der Waals surface area contributed by atoms with Crippen LogP contribution in [0.4, 0.5) is 20.6 Å². The lowest BCUT2D eigenvalue weighted by atomic mass is 9.95. The van der Waals surface area contributed by atoms with Crippen molar-refractivity contribution in [3.63, 3.8) is 0 Å². The Labute approximate surface area is 200 Å². The van der Waals surface area contributed by atoms with E-state index < -0.39 is 0 Å². The summed E-state index contributed by atoms with van der Waals surface area (Å²) in [6.45, 7) is 5.45. The summed E-state index contributed by atoms with van der Waals surface area (Å²) < 4.78 is 13.6. The molecule has 1 aliphatic heterocycles. The first kappa shape index (κ1) is 23.5. The molecule has 3 amide bonds. The van der Waals surface area contributed by atoms with E-state index in [4.69, 9.17) is 0 Å². The average molecular weight is 460 g/mol. The fraction of sp³-hybridized carbons (Fsp3) is 0.286. The molecule has 1 unspecified atom stereocenters. The highest BCUT2D eigenvalue weighted by Gasteiger charge is 2.29. The molecule has 5 nitrogen and oxygen atoms in total. The molecule has 1 atom stereocenters. The first-order chi connectivity index (χ1) is 16.5. The largest absolute Gasteiger partial charge is 0.324 e. The molecule has 1 aliphatic rings. The van der Waals surface area contributed by atoms with E-state index in [9.17, 15) is 14.0 Å². The molecule has 34 heavy (non-hydrogen) atoms. The molecule has 1 N–H and O–H groups in total. The van der Waals surface area contributed by atoms with Crippen LogP contribution in [-0.4, -0.2) is 29.9 Å². The van der Waals surface area contributed by atoms with Crippen LogP contribution in [0.25, 0.3) is 0 Å². The van der Waals surface area contributed by atoms with E-state index in [0.717, 1.165) is 23.1 Å². The van der Waals surface area contributed by atoms with Crippen molar-refractivity contribution in [3.05, 3.63) is 95.3 Å². The van der Waals surface area contributed by atoms with Gasteiger partial charge in [-0.05, 0) is 60.7 Å². The van der Waals surface area contributed by atoms with Gasteiger partial charge < -0.3 is 10.2 Å². The monoisotopic (exact) mass is 459 g/mol. The zero-order chi connectivity index (χ0) is 24.1. The molecule has 0 saturated carbocycles. The molecule has 0 spiro atoms. The Morgan fingerprint density at radius 2 is 1.82 bits per heavy atom. The molecule has 3 aromatic carbocycles. The lowest BCUT2D eigenvalue weighted by Gasteiger charge is -2.36. The molecule has 1 heterocycles. The van der Waals surface area contributed by atoms with Crippen LogP contribution in [0.2, 0.25) is 0 Å². The minimum Gasteiger partial charge on any atom is -0.324 e. The predicted molar refractivity (Wildman–Crippen MR) is 133 cm³/mol. The molecule has 176 valence electrons. The summed E-state index contributed by atoms with van der Waals surface area (Å²) in [6, 6.07) is 21.6. The van der Waals surface area contributed by atoms with E-state index in [1.165, 1.54) is 12.1 Å². The molecule has 4 rings (SSSR count). The number of amides is 3. The second-order valence-corrected chi connectivity index (χ2v) is 8.72. The summed E-state index contributed by atoms with van der Waals surface area (Å²) in [5, 5.41) is 3.09. The maximum absolute atomic E-state index is 13.6. The van der Waals surface area contributed by atoms with E-state index in [1.807, 2.05) is 68.4 Å². The van der Waals surface area contributed by atoms with Crippen LogP contribution in [0.1, 0.15) is 42.4 Å². The number of urea groups is 1. The number of halogens is 1. The Bertz CT molecular complexity index is 1170. The highest BCUT2D eigenvalue weighted by Crippen LogP contribution is 2.32. The van der Waals surface area contributed by atoms with Gasteiger partial charge in [0, 0.05) is 19.6 Å². The molecule has 3 aromatic rings. The number of anilines is 2. The van der Waals surface area contributed by atoms with Crippen LogP contribution in [0.3, 0.4) is 0 Å². The van der Waals surface area contributed by atoms with Crippen molar-refractivity contribution in [1.29, 1.82) is 0 Å². The summed E-state index contributed by atoms with van der Waals surface area (Å²) in [4.78, 5) is 30.1. The van der Waals surface area contributed by atoms with Gasteiger partial charge in [-0.1, -0.05) is 55.5 Å². The van der Waals surface area contributed by atoms with E-state index in [-0.39, 0.29) is 23.7 Å². The second kappa shape index (κ2) is 10.5. The van der Waals surface area contributed by atoms with Gasteiger partial charge in [0.05, 0.1) is 17.3 Å². The van der Waals surface area contributed by atoms with Crippen molar-refractivity contribution < 1.29 is 14.0 Å². The quantitative estimate of drug-likeness (QED) is 0.464. The smallest absolute Gasteiger partial charge is 0.324 e. The first-order valence-corrected chi connectivity index (χ1v) is 11.7. The number of benzene rings is 3.